The van der Waals surface area contributed by atoms with E-state index in [-0.39, 0.29) is 0 Å². The van der Waals surface area contributed by atoms with Crippen LogP contribution in [-0.2, 0) is 6.54 Å². The summed E-state index contributed by atoms with van der Waals surface area (Å²) in [4.78, 5) is 3.86. The fraction of sp³-hybridized carbons (Fsp3) is 0.308. The van der Waals surface area contributed by atoms with E-state index < -0.39 is 0 Å². The molecule has 5 heteroatoms. The van der Waals surface area contributed by atoms with Crippen LogP contribution in [0.3, 0.4) is 0 Å². The number of hydrogen-bond donors (Lipinski definition) is 1. The lowest BCUT2D eigenvalue weighted by Gasteiger charge is -2.12. The molecule has 2 rings (SSSR count). The number of benzene rings is 1. The van der Waals surface area contributed by atoms with E-state index in [0.717, 1.165) is 23.6 Å². The van der Waals surface area contributed by atoms with E-state index in [1.807, 2.05) is 18.2 Å². The topological polar surface area (TPSA) is 47.3 Å². The molecule has 0 aliphatic carbocycles. The fourth-order valence-electron chi connectivity index (χ4n) is 1.49. The average molecular weight is 267 g/mol. The van der Waals surface area contributed by atoms with Crippen molar-refractivity contribution >= 4 is 17.3 Å². The predicted octanol–water partition coefficient (Wildman–Crippen LogP) is 3.73. The van der Waals surface area contributed by atoms with Crippen LogP contribution in [0.2, 0.25) is 5.02 Å². The van der Waals surface area contributed by atoms with Gasteiger partial charge in [0.1, 0.15) is 11.5 Å². The Morgan fingerprint density at radius 3 is 3.06 bits per heavy atom. The summed E-state index contributed by atoms with van der Waals surface area (Å²) in [6, 6.07) is 5.51. The molecule has 1 N–H and O–H groups in total. The van der Waals surface area contributed by atoms with Crippen molar-refractivity contribution in [2.75, 3.05) is 11.9 Å². The Morgan fingerprint density at radius 2 is 2.33 bits per heavy atom. The Morgan fingerprint density at radius 1 is 1.44 bits per heavy atom. The van der Waals surface area contributed by atoms with Crippen LogP contribution in [0.4, 0.5) is 5.69 Å². The van der Waals surface area contributed by atoms with Gasteiger partial charge in [0.15, 0.2) is 6.39 Å². The molecular formula is C13H15ClN2O2. The molecule has 2 aromatic rings. The van der Waals surface area contributed by atoms with Gasteiger partial charge in [-0.3, -0.25) is 0 Å². The number of anilines is 1. The van der Waals surface area contributed by atoms with Crippen molar-refractivity contribution in [2.45, 2.75) is 19.9 Å². The molecule has 4 nitrogen and oxygen atoms in total. The summed E-state index contributed by atoms with van der Waals surface area (Å²) in [6.07, 6.45) is 4.04. The van der Waals surface area contributed by atoms with Crippen molar-refractivity contribution < 1.29 is 9.15 Å². The van der Waals surface area contributed by atoms with Gasteiger partial charge in [-0.15, -0.1) is 0 Å². The first-order valence-corrected chi connectivity index (χ1v) is 6.21. The molecule has 0 fully saturated rings. The molecule has 0 atom stereocenters. The standard InChI is InChI=1S/C13H15ClN2O2/c1-2-5-17-13-4-3-10(14)6-12(13)16-8-11-7-15-9-18-11/h3-4,6-7,9,16H,2,5,8H2,1H3. The summed E-state index contributed by atoms with van der Waals surface area (Å²) in [5.74, 6) is 1.55. The number of ether oxygens (including phenoxy) is 1. The first-order chi connectivity index (χ1) is 8.79. The average Bonchev–Trinajstić information content (AvgIpc) is 2.88. The van der Waals surface area contributed by atoms with Gasteiger partial charge in [0.2, 0.25) is 0 Å². The number of rotatable bonds is 6. The Labute approximate surface area is 111 Å². The summed E-state index contributed by atoms with van der Waals surface area (Å²) in [5, 5.41) is 3.89. The van der Waals surface area contributed by atoms with Gasteiger partial charge in [0.05, 0.1) is 25.0 Å². The monoisotopic (exact) mass is 266 g/mol. The Balaban J connectivity index is 2.06. The third-order valence-corrected chi connectivity index (χ3v) is 2.57. The van der Waals surface area contributed by atoms with Crippen LogP contribution < -0.4 is 10.1 Å². The second-order valence-electron chi connectivity index (χ2n) is 3.81. The van der Waals surface area contributed by atoms with E-state index in [0.29, 0.717) is 18.2 Å². The van der Waals surface area contributed by atoms with Gasteiger partial charge < -0.3 is 14.5 Å². The zero-order chi connectivity index (χ0) is 12.8. The van der Waals surface area contributed by atoms with Crippen molar-refractivity contribution in [3.8, 4) is 5.75 Å². The first kappa shape index (κ1) is 12.8. The predicted molar refractivity (Wildman–Crippen MR) is 71.1 cm³/mol. The van der Waals surface area contributed by atoms with Gasteiger partial charge in [-0.05, 0) is 24.6 Å². The second-order valence-corrected chi connectivity index (χ2v) is 4.25. The molecule has 0 amide bonds. The number of oxazole rings is 1. The molecule has 0 radical (unpaired) electrons. The highest BCUT2D eigenvalue weighted by molar-refractivity contribution is 6.30. The normalized spacial score (nSPS) is 10.3. The highest BCUT2D eigenvalue weighted by Gasteiger charge is 2.05. The van der Waals surface area contributed by atoms with E-state index in [1.54, 1.807) is 6.20 Å². The van der Waals surface area contributed by atoms with E-state index >= 15 is 0 Å². The minimum Gasteiger partial charge on any atom is -0.491 e. The number of hydrogen-bond acceptors (Lipinski definition) is 4. The lowest BCUT2D eigenvalue weighted by atomic mass is 10.3. The maximum Gasteiger partial charge on any atom is 0.180 e. The van der Waals surface area contributed by atoms with Crippen molar-refractivity contribution in [3.05, 3.63) is 41.6 Å². The van der Waals surface area contributed by atoms with Gasteiger partial charge in [-0.2, -0.15) is 0 Å². The van der Waals surface area contributed by atoms with E-state index in [1.165, 1.54) is 6.39 Å². The van der Waals surface area contributed by atoms with E-state index in [9.17, 15) is 0 Å². The van der Waals surface area contributed by atoms with Gasteiger partial charge in [-0.1, -0.05) is 18.5 Å². The van der Waals surface area contributed by atoms with Crippen LogP contribution in [0, 0.1) is 0 Å². The molecule has 1 aromatic heterocycles. The minimum atomic E-state index is 0.544. The highest BCUT2D eigenvalue weighted by Crippen LogP contribution is 2.28. The molecule has 0 aliphatic heterocycles. The Bertz CT molecular complexity index is 486. The Kier molecular flexibility index (Phi) is 4.47. The molecule has 0 spiro atoms. The largest absolute Gasteiger partial charge is 0.491 e. The molecule has 1 heterocycles. The van der Waals surface area contributed by atoms with Crippen LogP contribution in [0.5, 0.6) is 5.75 Å². The van der Waals surface area contributed by atoms with Gasteiger partial charge in [0.25, 0.3) is 0 Å². The smallest absolute Gasteiger partial charge is 0.180 e. The SMILES string of the molecule is CCCOc1ccc(Cl)cc1NCc1cnco1. The quantitative estimate of drug-likeness (QED) is 0.865. The van der Waals surface area contributed by atoms with E-state index in [2.05, 4.69) is 17.2 Å². The lowest BCUT2D eigenvalue weighted by molar-refractivity contribution is 0.318. The summed E-state index contributed by atoms with van der Waals surface area (Å²) >= 11 is 5.98. The van der Waals surface area contributed by atoms with Crippen molar-refractivity contribution in [2.24, 2.45) is 0 Å². The third kappa shape index (κ3) is 3.40. The maximum atomic E-state index is 5.98. The minimum absolute atomic E-state index is 0.544. The molecule has 0 saturated heterocycles. The number of nitrogens with one attached hydrogen (secondary N) is 1. The summed E-state index contributed by atoms with van der Waals surface area (Å²) in [7, 11) is 0. The molecule has 96 valence electrons. The lowest BCUT2D eigenvalue weighted by Crippen LogP contribution is -2.03. The molecular weight excluding hydrogens is 252 g/mol. The number of halogens is 1. The van der Waals surface area contributed by atoms with Crippen LogP contribution in [-0.4, -0.2) is 11.6 Å². The molecule has 0 aliphatic rings. The molecule has 0 saturated carbocycles. The first-order valence-electron chi connectivity index (χ1n) is 5.83. The van der Waals surface area contributed by atoms with Gasteiger partial charge in [-0.25, -0.2) is 4.98 Å². The maximum absolute atomic E-state index is 5.98. The molecule has 0 unspecified atom stereocenters. The third-order valence-electron chi connectivity index (χ3n) is 2.34. The summed E-state index contributed by atoms with van der Waals surface area (Å²) < 4.78 is 10.8. The van der Waals surface area contributed by atoms with Crippen LogP contribution in [0.15, 0.2) is 35.2 Å². The number of aromatic nitrogens is 1. The Hall–Kier alpha value is -1.68. The van der Waals surface area contributed by atoms with Crippen LogP contribution >= 0.6 is 11.6 Å². The second kappa shape index (κ2) is 6.31. The number of nitrogens with zero attached hydrogens (tertiary/aromatic N) is 1. The highest BCUT2D eigenvalue weighted by atomic mass is 35.5. The molecule has 0 bridgehead atoms. The summed E-state index contributed by atoms with van der Waals surface area (Å²) in [6.45, 7) is 3.29. The molecule has 18 heavy (non-hydrogen) atoms. The van der Waals surface area contributed by atoms with Crippen molar-refractivity contribution in [1.82, 2.24) is 4.98 Å². The van der Waals surface area contributed by atoms with Crippen LogP contribution in [0.25, 0.3) is 0 Å². The van der Waals surface area contributed by atoms with E-state index in [4.69, 9.17) is 20.8 Å². The zero-order valence-electron chi connectivity index (χ0n) is 10.1. The zero-order valence-corrected chi connectivity index (χ0v) is 10.9. The summed E-state index contributed by atoms with van der Waals surface area (Å²) in [5.41, 5.74) is 0.854. The van der Waals surface area contributed by atoms with Crippen molar-refractivity contribution in [1.29, 1.82) is 0 Å². The molecule has 1 aromatic carbocycles. The van der Waals surface area contributed by atoms with Crippen molar-refractivity contribution in [3.63, 3.8) is 0 Å². The van der Waals surface area contributed by atoms with Crippen LogP contribution in [0.1, 0.15) is 19.1 Å². The fourth-order valence-corrected chi connectivity index (χ4v) is 1.66. The van der Waals surface area contributed by atoms with Gasteiger partial charge >= 0.3 is 0 Å². The van der Waals surface area contributed by atoms with Gasteiger partial charge in [0, 0.05) is 5.02 Å².